The second kappa shape index (κ2) is 15.2. The van der Waals surface area contributed by atoms with Gasteiger partial charge < -0.3 is 5.11 Å². The molecule has 23 heavy (non-hydrogen) atoms. The van der Waals surface area contributed by atoms with Crippen molar-refractivity contribution in [1.29, 1.82) is 0 Å². The summed E-state index contributed by atoms with van der Waals surface area (Å²) in [5.74, 6) is 0. The summed E-state index contributed by atoms with van der Waals surface area (Å²) in [6.07, 6.45) is 1.32. The van der Waals surface area contributed by atoms with Crippen LogP contribution >= 0.6 is 0 Å². The van der Waals surface area contributed by atoms with E-state index in [0.29, 0.717) is 45.5 Å². The standard InChI is InChI=1S/C14H30O9/c1-16-20-9-5-13(15)14(6-10-21-17-2,7-11-22-18-3)8-12-23-19-4/h13,15H,5-12H2,1-4H3. The van der Waals surface area contributed by atoms with Crippen LogP contribution in [0.2, 0.25) is 0 Å². The van der Waals surface area contributed by atoms with E-state index in [4.69, 9.17) is 19.6 Å². The lowest BCUT2D eigenvalue weighted by atomic mass is 9.73. The molecular weight excluding hydrogens is 312 g/mol. The van der Waals surface area contributed by atoms with Crippen LogP contribution in [0.15, 0.2) is 0 Å². The van der Waals surface area contributed by atoms with Gasteiger partial charge in [-0.3, -0.25) is 0 Å². The van der Waals surface area contributed by atoms with Crippen molar-refractivity contribution in [3.05, 3.63) is 0 Å². The SMILES string of the molecule is COOCCC(O)C(CCOOC)(CCOOC)CCOOC. The summed E-state index contributed by atoms with van der Waals surface area (Å²) in [5, 5.41) is 10.7. The third-order valence-electron chi connectivity index (χ3n) is 3.70. The molecule has 0 rings (SSSR count). The molecule has 0 heterocycles. The van der Waals surface area contributed by atoms with Gasteiger partial charge in [0.05, 0.1) is 61.0 Å². The zero-order chi connectivity index (χ0) is 17.4. The Labute approximate surface area is 137 Å². The van der Waals surface area contributed by atoms with Gasteiger partial charge in [-0.1, -0.05) is 0 Å². The highest BCUT2D eigenvalue weighted by Crippen LogP contribution is 2.37. The van der Waals surface area contributed by atoms with E-state index < -0.39 is 11.5 Å². The lowest BCUT2D eigenvalue weighted by Crippen LogP contribution is -2.39. The summed E-state index contributed by atoms with van der Waals surface area (Å²) in [6, 6.07) is 0. The first-order valence-electron chi connectivity index (χ1n) is 7.47. The normalized spacial score (nSPS) is 13.4. The summed E-state index contributed by atoms with van der Waals surface area (Å²) in [6.45, 7) is 1.22. The summed E-state index contributed by atoms with van der Waals surface area (Å²) < 4.78 is 0. The maximum absolute atomic E-state index is 10.7. The molecule has 1 atom stereocenters. The molecule has 0 radical (unpaired) electrons. The van der Waals surface area contributed by atoms with Gasteiger partial charge in [-0.2, -0.15) is 0 Å². The lowest BCUT2D eigenvalue weighted by Gasteiger charge is -2.38. The Kier molecular flexibility index (Phi) is 14.9. The first kappa shape index (κ1) is 22.6. The Hall–Kier alpha value is -0.360. The molecule has 9 heteroatoms. The van der Waals surface area contributed by atoms with Crippen LogP contribution in [0.3, 0.4) is 0 Å². The maximum atomic E-state index is 10.7. The maximum Gasteiger partial charge on any atom is 0.0847 e. The lowest BCUT2D eigenvalue weighted by molar-refractivity contribution is -0.297. The van der Waals surface area contributed by atoms with Crippen LogP contribution in [0.5, 0.6) is 0 Å². The van der Waals surface area contributed by atoms with Gasteiger partial charge in [-0.15, -0.1) is 0 Å². The van der Waals surface area contributed by atoms with Gasteiger partial charge in [0, 0.05) is 11.8 Å². The van der Waals surface area contributed by atoms with Crippen LogP contribution in [0.1, 0.15) is 25.7 Å². The Bertz CT molecular complexity index is 226. The molecule has 0 amide bonds. The quantitative estimate of drug-likeness (QED) is 0.238. The molecule has 1 N–H and O–H groups in total. The molecule has 0 aliphatic rings. The van der Waals surface area contributed by atoms with E-state index in [2.05, 4.69) is 19.6 Å². The van der Waals surface area contributed by atoms with E-state index in [9.17, 15) is 5.11 Å². The van der Waals surface area contributed by atoms with Crippen molar-refractivity contribution < 1.29 is 44.2 Å². The van der Waals surface area contributed by atoms with E-state index in [-0.39, 0.29) is 6.61 Å². The fraction of sp³-hybridized carbons (Fsp3) is 1.00. The summed E-state index contributed by atoms with van der Waals surface area (Å²) in [4.78, 5) is 38.2. The average molecular weight is 342 g/mol. The van der Waals surface area contributed by atoms with Crippen molar-refractivity contribution in [3.8, 4) is 0 Å². The van der Waals surface area contributed by atoms with E-state index in [1.54, 1.807) is 0 Å². The largest absolute Gasteiger partial charge is 0.392 e. The number of hydrogen-bond acceptors (Lipinski definition) is 9. The summed E-state index contributed by atoms with van der Waals surface area (Å²) >= 11 is 0. The highest BCUT2D eigenvalue weighted by atomic mass is 17.2. The molecule has 140 valence electrons. The number of hydrogen-bond donors (Lipinski definition) is 1. The van der Waals surface area contributed by atoms with Crippen LogP contribution in [0.25, 0.3) is 0 Å². The molecule has 0 spiro atoms. The topological polar surface area (TPSA) is 94.1 Å². The van der Waals surface area contributed by atoms with Crippen LogP contribution in [-0.4, -0.2) is 66.1 Å². The average Bonchev–Trinajstić information content (AvgIpc) is 2.55. The molecule has 0 bridgehead atoms. The summed E-state index contributed by atoms with van der Waals surface area (Å²) in [7, 11) is 5.73. The van der Waals surface area contributed by atoms with Crippen LogP contribution in [-0.2, 0) is 39.1 Å². The Balaban J connectivity index is 4.83. The number of aliphatic hydroxyl groups is 1. The van der Waals surface area contributed by atoms with Crippen LogP contribution in [0.4, 0.5) is 0 Å². The zero-order valence-corrected chi connectivity index (χ0v) is 14.4. The van der Waals surface area contributed by atoms with Crippen molar-refractivity contribution in [1.82, 2.24) is 0 Å². The highest BCUT2D eigenvalue weighted by Gasteiger charge is 2.37. The van der Waals surface area contributed by atoms with Crippen molar-refractivity contribution in [2.75, 3.05) is 54.9 Å². The van der Waals surface area contributed by atoms with Gasteiger partial charge >= 0.3 is 0 Å². The van der Waals surface area contributed by atoms with E-state index in [1.165, 1.54) is 28.4 Å². The second-order valence-electron chi connectivity index (χ2n) is 4.87. The predicted molar refractivity (Wildman–Crippen MR) is 78.8 cm³/mol. The zero-order valence-electron chi connectivity index (χ0n) is 14.4. The van der Waals surface area contributed by atoms with Gasteiger partial charge in [-0.05, 0) is 19.3 Å². The van der Waals surface area contributed by atoms with E-state index >= 15 is 0 Å². The Morgan fingerprint density at radius 3 is 1.35 bits per heavy atom. The summed E-state index contributed by atoms with van der Waals surface area (Å²) in [5.41, 5.74) is -0.535. The van der Waals surface area contributed by atoms with E-state index in [1.807, 2.05) is 0 Å². The molecule has 0 aliphatic carbocycles. The fourth-order valence-corrected chi connectivity index (χ4v) is 2.41. The van der Waals surface area contributed by atoms with Crippen LogP contribution < -0.4 is 0 Å². The molecule has 0 saturated carbocycles. The van der Waals surface area contributed by atoms with Gasteiger partial charge in [-0.25, -0.2) is 39.1 Å². The molecule has 0 aromatic carbocycles. The predicted octanol–water partition coefficient (Wildman–Crippen LogP) is 1.21. The first-order valence-corrected chi connectivity index (χ1v) is 7.47. The van der Waals surface area contributed by atoms with Crippen LogP contribution in [0, 0.1) is 5.41 Å². The highest BCUT2D eigenvalue weighted by molar-refractivity contribution is 4.86. The molecule has 0 saturated heterocycles. The van der Waals surface area contributed by atoms with Crippen molar-refractivity contribution in [3.63, 3.8) is 0 Å². The van der Waals surface area contributed by atoms with Gasteiger partial charge in [0.2, 0.25) is 0 Å². The fourth-order valence-electron chi connectivity index (χ4n) is 2.41. The number of rotatable bonds is 17. The molecule has 0 aromatic heterocycles. The minimum atomic E-state index is -0.681. The van der Waals surface area contributed by atoms with Gasteiger partial charge in [0.1, 0.15) is 0 Å². The Morgan fingerprint density at radius 1 is 0.652 bits per heavy atom. The first-order chi connectivity index (χ1) is 11.2. The van der Waals surface area contributed by atoms with E-state index in [0.717, 1.165) is 0 Å². The van der Waals surface area contributed by atoms with Gasteiger partial charge in [0.25, 0.3) is 0 Å². The third kappa shape index (κ3) is 10.2. The molecular formula is C14H30O9. The third-order valence-corrected chi connectivity index (χ3v) is 3.70. The van der Waals surface area contributed by atoms with Crippen molar-refractivity contribution in [2.24, 2.45) is 5.41 Å². The molecule has 0 aromatic rings. The van der Waals surface area contributed by atoms with Crippen molar-refractivity contribution in [2.45, 2.75) is 31.8 Å². The Morgan fingerprint density at radius 2 is 1.00 bits per heavy atom. The number of aliphatic hydroxyl groups excluding tert-OH is 1. The van der Waals surface area contributed by atoms with Gasteiger partial charge in [0.15, 0.2) is 0 Å². The molecule has 0 aliphatic heterocycles. The molecule has 9 nitrogen and oxygen atoms in total. The minimum absolute atomic E-state index is 0.265. The molecule has 1 unspecified atom stereocenters. The van der Waals surface area contributed by atoms with Crippen molar-refractivity contribution >= 4 is 0 Å². The minimum Gasteiger partial charge on any atom is -0.392 e. The monoisotopic (exact) mass is 342 g/mol. The molecule has 0 fully saturated rings. The smallest absolute Gasteiger partial charge is 0.0847 e. The second-order valence-corrected chi connectivity index (χ2v) is 4.87.